The highest BCUT2D eigenvalue weighted by molar-refractivity contribution is 5.84. The Morgan fingerprint density at radius 3 is 2.64 bits per heavy atom. The smallest absolute Gasteiger partial charge is 0.236 e. The number of carbonyl (C=O) groups is 2. The number of amides is 2. The summed E-state index contributed by atoms with van der Waals surface area (Å²) in [5.41, 5.74) is 4.80. The molecule has 4 heteroatoms. The van der Waals surface area contributed by atoms with E-state index in [-0.39, 0.29) is 12.5 Å². The van der Waals surface area contributed by atoms with Crippen molar-refractivity contribution in [2.75, 3.05) is 6.54 Å². The average molecular weight is 156 g/mol. The molecule has 0 radical (unpaired) electrons. The number of allylic oxidation sites excluding steroid dienone is 1. The van der Waals surface area contributed by atoms with Gasteiger partial charge >= 0.3 is 0 Å². The number of hydrogen-bond acceptors (Lipinski definition) is 2. The molecule has 0 heterocycles. The molecule has 62 valence electrons. The Hall–Kier alpha value is -1.32. The van der Waals surface area contributed by atoms with Crippen molar-refractivity contribution < 1.29 is 9.59 Å². The summed E-state index contributed by atoms with van der Waals surface area (Å²) in [4.78, 5) is 20.9. The van der Waals surface area contributed by atoms with Crippen LogP contribution in [-0.4, -0.2) is 18.4 Å². The van der Waals surface area contributed by atoms with Crippen molar-refractivity contribution in [1.29, 1.82) is 0 Å². The third kappa shape index (κ3) is 6.57. The topological polar surface area (TPSA) is 72.2 Å². The molecule has 0 aromatic rings. The highest BCUT2D eigenvalue weighted by Gasteiger charge is 1.98. The fourth-order valence-corrected chi connectivity index (χ4v) is 0.483. The Labute approximate surface area is 65.5 Å². The van der Waals surface area contributed by atoms with Gasteiger partial charge in [0.2, 0.25) is 11.8 Å². The van der Waals surface area contributed by atoms with E-state index in [0.717, 1.165) is 0 Å². The molecule has 0 aliphatic carbocycles. The van der Waals surface area contributed by atoms with Crippen LogP contribution in [0.1, 0.15) is 13.3 Å². The molecule has 0 unspecified atom stereocenters. The highest BCUT2D eigenvalue weighted by atomic mass is 16.2. The first-order chi connectivity index (χ1) is 5.16. The van der Waals surface area contributed by atoms with E-state index in [2.05, 4.69) is 5.32 Å². The van der Waals surface area contributed by atoms with Crippen LogP contribution < -0.4 is 11.1 Å². The second-order valence-electron chi connectivity index (χ2n) is 2.02. The maximum atomic E-state index is 10.7. The second kappa shape index (κ2) is 5.46. The van der Waals surface area contributed by atoms with Gasteiger partial charge in [0.25, 0.3) is 0 Å². The minimum atomic E-state index is -0.529. The summed E-state index contributed by atoms with van der Waals surface area (Å²) in [6.07, 6.45) is 3.77. The molecule has 0 aromatic heterocycles. The first-order valence-corrected chi connectivity index (χ1v) is 3.33. The van der Waals surface area contributed by atoms with E-state index in [1.807, 2.05) is 6.92 Å². The van der Waals surface area contributed by atoms with Crippen molar-refractivity contribution >= 4 is 11.8 Å². The van der Waals surface area contributed by atoms with Gasteiger partial charge in [0.05, 0.1) is 6.54 Å². The van der Waals surface area contributed by atoms with Gasteiger partial charge in [0, 0.05) is 6.42 Å². The Morgan fingerprint density at radius 1 is 1.55 bits per heavy atom. The van der Waals surface area contributed by atoms with Crippen LogP contribution in [0.2, 0.25) is 0 Å². The Kier molecular flexibility index (Phi) is 4.81. The van der Waals surface area contributed by atoms with Crippen LogP contribution in [-0.2, 0) is 9.59 Å². The van der Waals surface area contributed by atoms with Crippen LogP contribution in [0.25, 0.3) is 0 Å². The quantitative estimate of drug-likeness (QED) is 0.541. The first-order valence-electron chi connectivity index (χ1n) is 3.33. The summed E-state index contributed by atoms with van der Waals surface area (Å²) in [6, 6.07) is 0. The van der Waals surface area contributed by atoms with E-state index in [4.69, 9.17) is 5.73 Å². The summed E-state index contributed by atoms with van der Waals surface area (Å²) in [6.45, 7) is 1.73. The van der Waals surface area contributed by atoms with Gasteiger partial charge in [0.15, 0.2) is 0 Å². The number of rotatable bonds is 4. The predicted octanol–water partition coefficient (Wildman–Crippen LogP) is -0.446. The monoisotopic (exact) mass is 156 g/mol. The number of hydrogen-bond donors (Lipinski definition) is 2. The lowest BCUT2D eigenvalue weighted by atomic mass is 10.3. The van der Waals surface area contributed by atoms with E-state index in [1.165, 1.54) is 0 Å². The SMILES string of the molecule is C/C=C/CC(=O)NCC(N)=O. The summed E-state index contributed by atoms with van der Waals surface area (Å²) >= 11 is 0. The molecule has 4 nitrogen and oxygen atoms in total. The number of nitrogens with two attached hydrogens (primary N) is 1. The van der Waals surface area contributed by atoms with Crippen LogP contribution in [0.4, 0.5) is 0 Å². The van der Waals surface area contributed by atoms with Crippen molar-refractivity contribution in [3.05, 3.63) is 12.2 Å². The first kappa shape index (κ1) is 9.68. The summed E-state index contributed by atoms with van der Waals surface area (Å²) in [5, 5.41) is 2.35. The molecular weight excluding hydrogens is 144 g/mol. The molecule has 0 fully saturated rings. The lowest BCUT2D eigenvalue weighted by Crippen LogP contribution is -2.32. The molecule has 0 aliphatic rings. The molecule has 0 bridgehead atoms. The third-order valence-corrected chi connectivity index (χ3v) is 0.999. The van der Waals surface area contributed by atoms with Crippen LogP contribution >= 0.6 is 0 Å². The number of carbonyl (C=O) groups excluding carboxylic acids is 2. The van der Waals surface area contributed by atoms with Crippen LogP contribution in [0.5, 0.6) is 0 Å². The molecule has 0 saturated carbocycles. The Bertz CT molecular complexity index is 175. The highest BCUT2D eigenvalue weighted by Crippen LogP contribution is 1.81. The molecule has 2 amide bonds. The fraction of sp³-hybridized carbons (Fsp3) is 0.429. The zero-order chi connectivity index (χ0) is 8.69. The van der Waals surface area contributed by atoms with Crippen LogP contribution in [0, 0.1) is 0 Å². The Morgan fingerprint density at radius 2 is 2.18 bits per heavy atom. The average Bonchev–Trinajstić information content (AvgIpc) is 1.97. The maximum Gasteiger partial charge on any atom is 0.236 e. The minimum absolute atomic E-state index is 0.0869. The van der Waals surface area contributed by atoms with E-state index >= 15 is 0 Å². The van der Waals surface area contributed by atoms with Crippen molar-refractivity contribution in [2.24, 2.45) is 5.73 Å². The second-order valence-corrected chi connectivity index (χ2v) is 2.02. The zero-order valence-corrected chi connectivity index (χ0v) is 6.46. The molecule has 0 saturated heterocycles. The van der Waals surface area contributed by atoms with Crippen molar-refractivity contribution in [3.8, 4) is 0 Å². The lowest BCUT2D eigenvalue weighted by Gasteiger charge is -1.97. The van der Waals surface area contributed by atoms with Gasteiger partial charge in [-0.25, -0.2) is 0 Å². The molecular formula is C7H12N2O2. The van der Waals surface area contributed by atoms with Gasteiger partial charge in [-0.1, -0.05) is 12.2 Å². The zero-order valence-electron chi connectivity index (χ0n) is 6.46. The van der Waals surface area contributed by atoms with Crippen LogP contribution in [0.3, 0.4) is 0 Å². The predicted molar refractivity (Wildman–Crippen MR) is 41.6 cm³/mol. The largest absolute Gasteiger partial charge is 0.368 e. The molecule has 0 atom stereocenters. The maximum absolute atomic E-state index is 10.7. The third-order valence-electron chi connectivity index (χ3n) is 0.999. The summed E-state index contributed by atoms with van der Waals surface area (Å²) in [5.74, 6) is -0.722. The van der Waals surface area contributed by atoms with Gasteiger partial charge in [-0.15, -0.1) is 0 Å². The number of nitrogens with one attached hydrogen (secondary N) is 1. The van der Waals surface area contributed by atoms with Gasteiger partial charge in [-0.3, -0.25) is 9.59 Å². The van der Waals surface area contributed by atoms with Crippen molar-refractivity contribution in [3.63, 3.8) is 0 Å². The van der Waals surface area contributed by atoms with E-state index in [0.29, 0.717) is 6.42 Å². The van der Waals surface area contributed by atoms with E-state index in [9.17, 15) is 9.59 Å². The van der Waals surface area contributed by atoms with Gasteiger partial charge in [-0.2, -0.15) is 0 Å². The molecule has 0 rings (SSSR count). The Balaban J connectivity index is 3.45. The van der Waals surface area contributed by atoms with Gasteiger partial charge in [-0.05, 0) is 6.92 Å². The van der Waals surface area contributed by atoms with E-state index < -0.39 is 5.91 Å². The fourth-order valence-electron chi connectivity index (χ4n) is 0.483. The van der Waals surface area contributed by atoms with Gasteiger partial charge < -0.3 is 11.1 Å². The normalized spacial score (nSPS) is 9.91. The van der Waals surface area contributed by atoms with Crippen LogP contribution in [0.15, 0.2) is 12.2 Å². The standard InChI is InChI=1S/C7H12N2O2/c1-2-3-4-7(11)9-5-6(8)10/h2-3H,4-5H2,1H3,(H2,8,10)(H,9,11)/b3-2+. The lowest BCUT2D eigenvalue weighted by molar-refractivity contribution is -0.124. The molecule has 3 N–H and O–H groups in total. The minimum Gasteiger partial charge on any atom is -0.368 e. The molecule has 0 aliphatic heterocycles. The van der Waals surface area contributed by atoms with E-state index in [1.54, 1.807) is 12.2 Å². The molecule has 0 spiro atoms. The number of primary amides is 1. The van der Waals surface area contributed by atoms with Crippen molar-refractivity contribution in [1.82, 2.24) is 5.32 Å². The van der Waals surface area contributed by atoms with Gasteiger partial charge in [0.1, 0.15) is 0 Å². The molecule has 11 heavy (non-hydrogen) atoms. The summed E-state index contributed by atoms with van der Waals surface area (Å²) in [7, 11) is 0. The molecule has 0 aromatic carbocycles. The van der Waals surface area contributed by atoms with Crippen molar-refractivity contribution in [2.45, 2.75) is 13.3 Å². The summed E-state index contributed by atoms with van der Waals surface area (Å²) < 4.78 is 0.